The molecule has 1 amide bonds. The summed E-state index contributed by atoms with van der Waals surface area (Å²) in [5, 5.41) is 11.8. The highest BCUT2D eigenvalue weighted by atomic mass is 16.5. The average Bonchev–Trinajstić information content (AvgIpc) is 3.15. The first-order valence-electron chi connectivity index (χ1n) is 9.32. The SMILES string of the molecule is Cc1oc([C@H](COCc2ccccc2)NC(=O)OCc2ccccc2)nc1C(=O)O. The van der Waals surface area contributed by atoms with Crippen molar-refractivity contribution in [3.05, 3.63) is 89.1 Å². The molecule has 3 aromatic rings. The van der Waals surface area contributed by atoms with Crippen LogP contribution in [0.25, 0.3) is 0 Å². The van der Waals surface area contributed by atoms with Gasteiger partial charge in [-0.2, -0.15) is 0 Å². The summed E-state index contributed by atoms with van der Waals surface area (Å²) in [7, 11) is 0. The zero-order chi connectivity index (χ0) is 21.3. The molecule has 1 heterocycles. The van der Waals surface area contributed by atoms with Gasteiger partial charge in [0.2, 0.25) is 5.89 Å². The summed E-state index contributed by atoms with van der Waals surface area (Å²) in [5.41, 5.74) is 1.58. The molecule has 8 heteroatoms. The molecule has 0 fully saturated rings. The highest BCUT2D eigenvalue weighted by Gasteiger charge is 2.25. The van der Waals surface area contributed by atoms with E-state index in [1.54, 1.807) is 0 Å². The fourth-order valence-electron chi connectivity index (χ4n) is 2.71. The number of hydrogen-bond acceptors (Lipinski definition) is 6. The average molecular weight is 410 g/mol. The summed E-state index contributed by atoms with van der Waals surface area (Å²) in [6.45, 7) is 1.92. The monoisotopic (exact) mass is 410 g/mol. The molecule has 156 valence electrons. The number of alkyl carbamates (subject to hydrolysis) is 1. The molecule has 0 radical (unpaired) electrons. The van der Waals surface area contributed by atoms with Gasteiger partial charge in [0.25, 0.3) is 0 Å². The van der Waals surface area contributed by atoms with E-state index in [0.29, 0.717) is 6.61 Å². The smallest absolute Gasteiger partial charge is 0.408 e. The van der Waals surface area contributed by atoms with Crippen LogP contribution in [-0.4, -0.2) is 28.8 Å². The Bertz CT molecular complexity index is 972. The van der Waals surface area contributed by atoms with Crippen molar-refractivity contribution >= 4 is 12.1 Å². The second-order valence-electron chi connectivity index (χ2n) is 6.52. The van der Waals surface area contributed by atoms with Crippen molar-refractivity contribution in [1.82, 2.24) is 10.3 Å². The van der Waals surface area contributed by atoms with Crippen LogP contribution in [0.15, 0.2) is 65.1 Å². The lowest BCUT2D eigenvalue weighted by atomic mass is 10.2. The molecule has 0 aliphatic carbocycles. The molecular weight excluding hydrogens is 388 g/mol. The quantitative estimate of drug-likeness (QED) is 0.551. The highest BCUT2D eigenvalue weighted by molar-refractivity contribution is 5.86. The summed E-state index contributed by atoms with van der Waals surface area (Å²) in [5.74, 6) is -1.03. The summed E-state index contributed by atoms with van der Waals surface area (Å²) in [6.07, 6.45) is -0.695. The third kappa shape index (κ3) is 5.92. The van der Waals surface area contributed by atoms with Crippen LogP contribution in [0, 0.1) is 6.92 Å². The number of carboxylic acid groups (broad SMARTS) is 1. The van der Waals surface area contributed by atoms with Gasteiger partial charge in [0.05, 0.1) is 13.2 Å². The zero-order valence-electron chi connectivity index (χ0n) is 16.4. The Labute approximate surface area is 173 Å². The second-order valence-corrected chi connectivity index (χ2v) is 6.52. The van der Waals surface area contributed by atoms with Crippen LogP contribution in [0.5, 0.6) is 0 Å². The Hall–Kier alpha value is -3.65. The molecule has 0 saturated carbocycles. The third-order valence-electron chi connectivity index (χ3n) is 4.21. The number of aromatic nitrogens is 1. The zero-order valence-corrected chi connectivity index (χ0v) is 16.4. The summed E-state index contributed by atoms with van der Waals surface area (Å²) >= 11 is 0. The summed E-state index contributed by atoms with van der Waals surface area (Å²) in [6, 6.07) is 17.9. The molecule has 2 aromatic carbocycles. The van der Waals surface area contributed by atoms with Crippen molar-refractivity contribution in [3.8, 4) is 0 Å². The molecule has 0 bridgehead atoms. The Morgan fingerprint density at radius 3 is 2.20 bits per heavy atom. The van der Waals surface area contributed by atoms with Crippen molar-refractivity contribution < 1.29 is 28.6 Å². The molecule has 0 spiro atoms. The van der Waals surface area contributed by atoms with Gasteiger partial charge in [-0.15, -0.1) is 0 Å². The van der Waals surface area contributed by atoms with E-state index in [9.17, 15) is 14.7 Å². The van der Waals surface area contributed by atoms with Gasteiger partial charge in [-0.1, -0.05) is 60.7 Å². The maximum absolute atomic E-state index is 12.3. The molecular formula is C22H22N2O6. The number of nitrogens with zero attached hydrogens (tertiary/aromatic N) is 1. The Morgan fingerprint density at radius 2 is 1.63 bits per heavy atom. The normalized spacial score (nSPS) is 11.6. The minimum Gasteiger partial charge on any atom is -0.476 e. The molecule has 30 heavy (non-hydrogen) atoms. The molecule has 3 rings (SSSR count). The third-order valence-corrected chi connectivity index (χ3v) is 4.21. The second kappa shape index (κ2) is 10.2. The number of nitrogens with one attached hydrogen (secondary N) is 1. The summed E-state index contributed by atoms with van der Waals surface area (Å²) < 4.78 is 16.4. The molecule has 2 N–H and O–H groups in total. The predicted octanol–water partition coefficient (Wildman–Crippen LogP) is 3.87. The highest BCUT2D eigenvalue weighted by Crippen LogP contribution is 2.18. The van der Waals surface area contributed by atoms with E-state index in [0.717, 1.165) is 11.1 Å². The van der Waals surface area contributed by atoms with E-state index in [1.165, 1.54) is 6.92 Å². The van der Waals surface area contributed by atoms with Crippen molar-refractivity contribution in [2.75, 3.05) is 6.61 Å². The molecule has 0 saturated heterocycles. The molecule has 0 unspecified atom stereocenters. The fraction of sp³-hybridized carbons (Fsp3) is 0.227. The van der Waals surface area contributed by atoms with Crippen molar-refractivity contribution in [2.24, 2.45) is 0 Å². The van der Waals surface area contributed by atoms with Crippen molar-refractivity contribution in [3.63, 3.8) is 0 Å². The number of oxazole rings is 1. The number of rotatable bonds is 9. The Morgan fingerprint density at radius 1 is 1.03 bits per heavy atom. The first-order valence-corrected chi connectivity index (χ1v) is 9.32. The van der Waals surface area contributed by atoms with Crippen LogP contribution < -0.4 is 5.32 Å². The van der Waals surface area contributed by atoms with Gasteiger partial charge in [-0.05, 0) is 18.1 Å². The van der Waals surface area contributed by atoms with Crippen LogP contribution >= 0.6 is 0 Å². The molecule has 8 nitrogen and oxygen atoms in total. The predicted molar refractivity (Wildman–Crippen MR) is 107 cm³/mol. The first-order chi connectivity index (χ1) is 14.5. The molecule has 0 aliphatic rings. The van der Waals surface area contributed by atoms with Crippen LogP contribution in [0.3, 0.4) is 0 Å². The van der Waals surface area contributed by atoms with Gasteiger partial charge in [-0.25, -0.2) is 14.6 Å². The minimum absolute atomic E-state index is 0.0222. The molecule has 1 aromatic heterocycles. The van der Waals surface area contributed by atoms with Crippen LogP contribution in [0.4, 0.5) is 4.79 Å². The van der Waals surface area contributed by atoms with Gasteiger partial charge in [0.15, 0.2) is 5.69 Å². The Kier molecular flexibility index (Phi) is 7.18. The van der Waals surface area contributed by atoms with E-state index in [1.807, 2.05) is 60.7 Å². The number of benzene rings is 2. The summed E-state index contributed by atoms with van der Waals surface area (Å²) in [4.78, 5) is 27.5. The largest absolute Gasteiger partial charge is 0.476 e. The van der Waals surface area contributed by atoms with E-state index in [2.05, 4.69) is 10.3 Å². The fourth-order valence-corrected chi connectivity index (χ4v) is 2.71. The number of amides is 1. The number of carbonyl (C=O) groups is 2. The van der Waals surface area contributed by atoms with E-state index >= 15 is 0 Å². The lowest BCUT2D eigenvalue weighted by molar-refractivity contribution is 0.0689. The lowest BCUT2D eigenvalue weighted by Crippen LogP contribution is -2.32. The van der Waals surface area contributed by atoms with Crippen molar-refractivity contribution in [1.29, 1.82) is 0 Å². The number of hydrogen-bond donors (Lipinski definition) is 2. The van der Waals surface area contributed by atoms with Gasteiger partial charge < -0.3 is 24.3 Å². The van der Waals surface area contributed by atoms with Crippen molar-refractivity contribution in [2.45, 2.75) is 26.2 Å². The van der Waals surface area contributed by atoms with Crippen LogP contribution in [-0.2, 0) is 22.7 Å². The maximum atomic E-state index is 12.3. The lowest BCUT2D eigenvalue weighted by Gasteiger charge is -2.16. The number of carboxylic acids is 1. The van der Waals surface area contributed by atoms with E-state index in [-0.39, 0.29) is 30.6 Å². The van der Waals surface area contributed by atoms with E-state index < -0.39 is 18.1 Å². The van der Waals surface area contributed by atoms with Gasteiger partial charge in [0, 0.05) is 0 Å². The first kappa shape index (κ1) is 21.1. The van der Waals surface area contributed by atoms with Crippen LogP contribution in [0.2, 0.25) is 0 Å². The number of aromatic carboxylic acids is 1. The number of aryl methyl sites for hydroxylation is 1. The van der Waals surface area contributed by atoms with E-state index in [4.69, 9.17) is 13.9 Å². The molecule has 1 atom stereocenters. The van der Waals surface area contributed by atoms with Crippen LogP contribution in [0.1, 0.15) is 39.3 Å². The maximum Gasteiger partial charge on any atom is 0.408 e. The minimum atomic E-state index is -1.21. The number of carbonyl (C=O) groups excluding carboxylic acids is 1. The number of ether oxygens (including phenoxy) is 2. The topological polar surface area (TPSA) is 111 Å². The van der Waals surface area contributed by atoms with Gasteiger partial charge >= 0.3 is 12.1 Å². The molecule has 0 aliphatic heterocycles. The standard InChI is InChI=1S/C22H22N2O6/c1-15-19(21(25)26)24-20(30-15)18(14-28-12-16-8-4-2-5-9-16)23-22(27)29-13-17-10-6-3-7-11-17/h2-11,18H,12-14H2,1H3,(H,23,27)(H,25,26)/t18-/m0/s1. The van der Waals surface area contributed by atoms with Gasteiger partial charge in [-0.3, -0.25) is 0 Å². The Balaban J connectivity index is 1.65. The van der Waals surface area contributed by atoms with Gasteiger partial charge in [0.1, 0.15) is 18.4 Å².